The Kier molecular flexibility index (Phi) is 6.13. The summed E-state index contributed by atoms with van der Waals surface area (Å²) in [5.41, 5.74) is 3.16. The summed E-state index contributed by atoms with van der Waals surface area (Å²) in [5, 5.41) is 4.79. The molecule has 0 unspecified atom stereocenters. The van der Waals surface area contributed by atoms with Crippen LogP contribution < -0.4 is 5.32 Å². The molecule has 1 N–H and O–H groups in total. The predicted molar refractivity (Wildman–Crippen MR) is 119 cm³/mol. The van der Waals surface area contributed by atoms with Gasteiger partial charge in [-0.25, -0.2) is 4.79 Å². The Labute approximate surface area is 184 Å². The Balaban J connectivity index is 1.39. The minimum atomic E-state index is -0.651. The average molecular weight is 435 g/mol. The van der Waals surface area contributed by atoms with E-state index in [1.54, 1.807) is 58.7 Å². The predicted octanol–water partition coefficient (Wildman–Crippen LogP) is 4.05. The molecule has 0 saturated carbocycles. The van der Waals surface area contributed by atoms with Crippen molar-refractivity contribution in [1.82, 2.24) is 4.90 Å². The Morgan fingerprint density at radius 1 is 1.10 bits per heavy atom. The van der Waals surface area contributed by atoms with Gasteiger partial charge in [-0.15, -0.1) is 11.3 Å². The maximum absolute atomic E-state index is 12.6. The zero-order valence-electron chi connectivity index (χ0n) is 17.1. The van der Waals surface area contributed by atoms with Crippen molar-refractivity contribution < 1.29 is 19.1 Å². The molecule has 158 valence electrons. The highest BCUT2D eigenvalue weighted by Crippen LogP contribution is 2.24. The molecule has 0 fully saturated rings. The Morgan fingerprint density at radius 3 is 2.77 bits per heavy atom. The molecule has 0 spiro atoms. The first-order chi connectivity index (χ1) is 15.0. The maximum atomic E-state index is 12.6. The number of anilines is 1. The lowest BCUT2D eigenvalue weighted by Crippen LogP contribution is -2.38. The summed E-state index contributed by atoms with van der Waals surface area (Å²) in [6.45, 7) is 2.73. The molecule has 2 aromatic carbocycles. The molecule has 1 aromatic heterocycles. The van der Waals surface area contributed by atoms with Crippen LogP contribution in [0.5, 0.6) is 0 Å². The third-order valence-corrected chi connectivity index (χ3v) is 6.19. The van der Waals surface area contributed by atoms with Crippen LogP contribution in [0.1, 0.15) is 36.7 Å². The van der Waals surface area contributed by atoms with Crippen LogP contribution in [-0.4, -0.2) is 35.8 Å². The Morgan fingerprint density at radius 2 is 1.94 bits per heavy atom. The van der Waals surface area contributed by atoms with Gasteiger partial charge in [0.05, 0.1) is 11.3 Å². The van der Waals surface area contributed by atoms with E-state index in [1.165, 1.54) is 4.88 Å². The van der Waals surface area contributed by atoms with Gasteiger partial charge in [-0.2, -0.15) is 0 Å². The lowest BCUT2D eigenvalue weighted by molar-refractivity contribution is -0.135. The van der Waals surface area contributed by atoms with Gasteiger partial charge in [0.25, 0.3) is 11.8 Å². The number of carbonyl (C=O) groups is 3. The fourth-order valence-corrected chi connectivity index (χ4v) is 4.40. The van der Waals surface area contributed by atoms with Gasteiger partial charge in [0.2, 0.25) is 0 Å². The second-order valence-electron chi connectivity index (χ2n) is 7.38. The Hall–Kier alpha value is -3.45. The zero-order chi connectivity index (χ0) is 21.8. The number of aryl methyl sites for hydroxylation is 1. The van der Waals surface area contributed by atoms with E-state index < -0.39 is 5.97 Å². The quantitative estimate of drug-likeness (QED) is 0.615. The first-order valence-corrected chi connectivity index (χ1v) is 10.9. The summed E-state index contributed by atoms with van der Waals surface area (Å²) in [6, 6.07) is 15.8. The lowest BCUT2D eigenvalue weighted by atomic mass is 10.1. The van der Waals surface area contributed by atoms with Gasteiger partial charge in [0, 0.05) is 23.5 Å². The standard InChI is InChI=1S/C24H22N2O4S/c1-16-5-4-6-17(13-16)23(28)25-20-8-3-2-7-19(20)24(29)30-15-22(27)26-11-9-21-18(14-26)10-12-31-21/h2-8,10,12-13H,9,11,14-15H2,1H3,(H,25,28). The van der Waals surface area contributed by atoms with Crippen molar-refractivity contribution in [3.63, 3.8) is 0 Å². The number of para-hydroxylation sites is 1. The minimum Gasteiger partial charge on any atom is -0.452 e. The van der Waals surface area contributed by atoms with Crippen molar-refractivity contribution in [3.05, 3.63) is 87.1 Å². The highest BCUT2D eigenvalue weighted by atomic mass is 32.1. The molecule has 2 amide bonds. The number of esters is 1. The third-order valence-electron chi connectivity index (χ3n) is 5.16. The normalized spacial score (nSPS) is 12.7. The molecule has 0 atom stereocenters. The number of ether oxygens (including phenoxy) is 1. The molecule has 4 rings (SSSR count). The van der Waals surface area contributed by atoms with E-state index in [4.69, 9.17) is 4.74 Å². The second kappa shape index (κ2) is 9.14. The maximum Gasteiger partial charge on any atom is 0.340 e. The van der Waals surface area contributed by atoms with Gasteiger partial charge in [0.1, 0.15) is 0 Å². The molecule has 0 bridgehead atoms. The third kappa shape index (κ3) is 4.83. The zero-order valence-corrected chi connectivity index (χ0v) is 17.9. The molecule has 0 radical (unpaired) electrons. The molecule has 6 nitrogen and oxygen atoms in total. The van der Waals surface area contributed by atoms with Crippen molar-refractivity contribution in [2.45, 2.75) is 19.9 Å². The second-order valence-corrected chi connectivity index (χ2v) is 8.38. The highest BCUT2D eigenvalue weighted by molar-refractivity contribution is 7.10. The molecular weight excluding hydrogens is 412 g/mol. The van der Waals surface area contributed by atoms with Crippen LogP contribution in [0, 0.1) is 6.92 Å². The van der Waals surface area contributed by atoms with Crippen LogP contribution in [0.3, 0.4) is 0 Å². The van der Waals surface area contributed by atoms with Crippen molar-refractivity contribution >= 4 is 34.8 Å². The smallest absolute Gasteiger partial charge is 0.340 e. The van der Waals surface area contributed by atoms with Crippen LogP contribution >= 0.6 is 11.3 Å². The summed E-state index contributed by atoms with van der Waals surface area (Å²) in [5.74, 6) is -1.20. The first kappa shape index (κ1) is 20.8. The van der Waals surface area contributed by atoms with E-state index in [1.807, 2.05) is 24.4 Å². The summed E-state index contributed by atoms with van der Waals surface area (Å²) in [4.78, 5) is 40.7. The summed E-state index contributed by atoms with van der Waals surface area (Å²) < 4.78 is 5.28. The van der Waals surface area contributed by atoms with Crippen LogP contribution in [-0.2, 0) is 22.5 Å². The van der Waals surface area contributed by atoms with E-state index in [2.05, 4.69) is 5.32 Å². The van der Waals surface area contributed by atoms with Crippen LogP contribution in [0.2, 0.25) is 0 Å². The first-order valence-electron chi connectivity index (χ1n) is 9.98. The van der Waals surface area contributed by atoms with Crippen molar-refractivity contribution in [2.75, 3.05) is 18.5 Å². The number of nitrogens with zero attached hydrogens (tertiary/aromatic N) is 1. The SMILES string of the molecule is Cc1cccc(C(=O)Nc2ccccc2C(=O)OCC(=O)N2CCc3sccc3C2)c1. The van der Waals surface area contributed by atoms with E-state index in [0.717, 1.165) is 17.5 Å². The highest BCUT2D eigenvalue weighted by Gasteiger charge is 2.23. The largest absolute Gasteiger partial charge is 0.452 e. The van der Waals surface area contributed by atoms with Crippen molar-refractivity contribution in [3.8, 4) is 0 Å². The summed E-state index contributed by atoms with van der Waals surface area (Å²) >= 11 is 1.70. The molecule has 7 heteroatoms. The van der Waals surface area contributed by atoms with Gasteiger partial charge >= 0.3 is 5.97 Å². The number of nitrogens with one attached hydrogen (secondary N) is 1. The number of carbonyl (C=O) groups excluding carboxylic acids is 3. The number of hydrogen-bond donors (Lipinski definition) is 1. The van der Waals surface area contributed by atoms with Gasteiger partial charge in [-0.1, -0.05) is 29.8 Å². The van der Waals surface area contributed by atoms with Crippen molar-refractivity contribution in [1.29, 1.82) is 0 Å². The fourth-order valence-electron chi connectivity index (χ4n) is 3.51. The van der Waals surface area contributed by atoms with Crippen LogP contribution in [0.4, 0.5) is 5.69 Å². The van der Waals surface area contributed by atoms with Crippen LogP contribution in [0.25, 0.3) is 0 Å². The van der Waals surface area contributed by atoms with E-state index >= 15 is 0 Å². The van der Waals surface area contributed by atoms with Gasteiger partial charge < -0.3 is 15.0 Å². The average Bonchev–Trinajstić information content (AvgIpc) is 3.25. The number of hydrogen-bond acceptors (Lipinski definition) is 5. The van der Waals surface area contributed by atoms with Crippen LogP contribution in [0.15, 0.2) is 60.0 Å². The Bertz CT molecular complexity index is 1140. The molecule has 0 aliphatic carbocycles. The number of thiophene rings is 1. The summed E-state index contributed by atoms with van der Waals surface area (Å²) in [7, 11) is 0. The number of fused-ring (bicyclic) bond motifs is 1. The molecule has 0 saturated heterocycles. The molecule has 1 aliphatic rings. The summed E-state index contributed by atoms with van der Waals surface area (Å²) in [6.07, 6.45) is 0.820. The molecule has 31 heavy (non-hydrogen) atoms. The van der Waals surface area contributed by atoms with E-state index in [0.29, 0.717) is 24.3 Å². The number of rotatable bonds is 5. The number of benzene rings is 2. The molecule has 2 heterocycles. The monoisotopic (exact) mass is 434 g/mol. The van der Waals surface area contributed by atoms with Gasteiger partial charge in [0.15, 0.2) is 6.61 Å². The van der Waals surface area contributed by atoms with Crippen molar-refractivity contribution in [2.24, 2.45) is 0 Å². The van der Waals surface area contributed by atoms with E-state index in [-0.39, 0.29) is 24.0 Å². The molecule has 3 aromatic rings. The molecular formula is C24H22N2O4S. The molecule has 1 aliphatic heterocycles. The van der Waals surface area contributed by atoms with E-state index in [9.17, 15) is 14.4 Å². The minimum absolute atomic E-state index is 0.204. The van der Waals surface area contributed by atoms with Gasteiger partial charge in [-0.05, 0) is 54.6 Å². The lowest BCUT2D eigenvalue weighted by Gasteiger charge is -2.26. The fraction of sp³-hybridized carbons (Fsp3) is 0.208. The van der Waals surface area contributed by atoms with Gasteiger partial charge in [-0.3, -0.25) is 9.59 Å². The number of amides is 2. The topological polar surface area (TPSA) is 75.7 Å².